The molecule has 0 aliphatic carbocycles. The van der Waals surface area contributed by atoms with Crippen molar-refractivity contribution in [1.82, 2.24) is 14.3 Å². The highest BCUT2D eigenvalue weighted by molar-refractivity contribution is 7.89. The summed E-state index contributed by atoms with van der Waals surface area (Å²) in [5.74, 6) is 1.78. The molecule has 0 bridgehead atoms. The van der Waals surface area contributed by atoms with E-state index >= 15 is 0 Å². The van der Waals surface area contributed by atoms with Gasteiger partial charge in [0.15, 0.2) is 0 Å². The Kier molecular flexibility index (Phi) is 5.85. The molecule has 8 heteroatoms. The number of sulfonamides is 1. The third-order valence-corrected chi connectivity index (χ3v) is 7.39. The van der Waals surface area contributed by atoms with Crippen LogP contribution in [0.1, 0.15) is 35.1 Å². The number of aromatic nitrogens is 2. The van der Waals surface area contributed by atoms with Crippen LogP contribution in [0.3, 0.4) is 0 Å². The highest BCUT2D eigenvalue weighted by Crippen LogP contribution is 2.29. The molecule has 0 amide bonds. The molecule has 0 radical (unpaired) electrons. The fourth-order valence-corrected chi connectivity index (χ4v) is 5.02. The van der Waals surface area contributed by atoms with Gasteiger partial charge < -0.3 is 9.64 Å². The second-order valence-corrected chi connectivity index (χ2v) is 9.90. The SMILES string of the molecule is CCS(=O)(=O)N1CCc2nc(Cc3cccc(C)c3)nc(N3CCOCC3)c2C1. The minimum Gasteiger partial charge on any atom is -0.378 e. The Bertz CT molecular complexity index is 987. The van der Waals surface area contributed by atoms with E-state index in [1.54, 1.807) is 11.2 Å². The number of fused-ring (bicyclic) bond motifs is 1. The lowest BCUT2D eigenvalue weighted by atomic mass is 10.1. The molecule has 0 atom stereocenters. The molecule has 156 valence electrons. The van der Waals surface area contributed by atoms with Crippen molar-refractivity contribution in [1.29, 1.82) is 0 Å². The molecule has 1 saturated heterocycles. The first-order chi connectivity index (χ1) is 14.0. The van der Waals surface area contributed by atoms with Crippen LogP contribution in [0.4, 0.5) is 5.82 Å². The van der Waals surface area contributed by atoms with Crippen molar-refractivity contribution in [3.63, 3.8) is 0 Å². The van der Waals surface area contributed by atoms with Crippen LogP contribution in [0, 0.1) is 6.92 Å². The minimum atomic E-state index is -3.24. The lowest BCUT2D eigenvalue weighted by Gasteiger charge is -2.34. The van der Waals surface area contributed by atoms with Crippen molar-refractivity contribution in [2.24, 2.45) is 0 Å². The number of nitrogens with zero attached hydrogens (tertiary/aromatic N) is 4. The summed E-state index contributed by atoms with van der Waals surface area (Å²) in [4.78, 5) is 12.0. The van der Waals surface area contributed by atoms with E-state index in [0.29, 0.717) is 39.1 Å². The zero-order chi connectivity index (χ0) is 20.4. The smallest absolute Gasteiger partial charge is 0.214 e. The molecule has 7 nitrogen and oxygen atoms in total. The Morgan fingerprint density at radius 3 is 2.66 bits per heavy atom. The fourth-order valence-electron chi connectivity index (χ4n) is 3.96. The highest BCUT2D eigenvalue weighted by Gasteiger charge is 2.30. The second kappa shape index (κ2) is 8.38. The zero-order valence-corrected chi connectivity index (χ0v) is 17.9. The number of ether oxygens (including phenoxy) is 1. The summed E-state index contributed by atoms with van der Waals surface area (Å²) in [6.07, 6.45) is 1.29. The van der Waals surface area contributed by atoms with Gasteiger partial charge in [0.05, 0.1) is 24.7 Å². The molecule has 2 aliphatic heterocycles. The van der Waals surface area contributed by atoms with E-state index in [1.165, 1.54) is 11.1 Å². The largest absolute Gasteiger partial charge is 0.378 e. The molecule has 4 rings (SSSR count). The first-order valence-electron chi connectivity index (χ1n) is 10.2. The quantitative estimate of drug-likeness (QED) is 0.741. The number of benzene rings is 1. The number of hydrogen-bond acceptors (Lipinski definition) is 6. The molecule has 0 unspecified atom stereocenters. The molecular weight excluding hydrogens is 388 g/mol. The van der Waals surface area contributed by atoms with Gasteiger partial charge in [-0.3, -0.25) is 0 Å². The Morgan fingerprint density at radius 1 is 1.14 bits per heavy atom. The third-order valence-electron chi connectivity index (χ3n) is 5.56. The highest BCUT2D eigenvalue weighted by atomic mass is 32.2. The van der Waals surface area contributed by atoms with Crippen LogP contribution in [-0.4, -0.2) is 61.3 Å². The molecule has 2 aliphatic rings. The topological polar surface area (TPSA) is 75.6 Å². The first kappa shape index (κ1) is 20.3. The van der Waals surface area contributed by atoms with Crippen LogP contribution in [0.2, 0.25) is 0 Å². The average molecular weight is 417 g/mol. The molecule has 3 heterocycles. The van der Waals surface area contributed by atoms with Gasteiger partial charge >= 0.3 is 0 Å². The van der Waals surface area contributed by atoms with Gasteiger partial charge in [-0.15, -0.1) is 0 Å². The Labute approximate surface area is 172 Å². The lowest BCUT2D eigenvalue weighted by Crippen LogP contribution is -2.41. The number of aryl methyl sites for hydroxylation is 1. The van der Waals surface area contributed by atoms with Crippen LogP contribution in [-0.2, 0) is 34.1 Å². The Balaban J connectivity index is 1.71. The normalized spacial score (nSPS) is 17.9. The standard InChI is InChI=1S/C21H28N4O3S/c1-3-29(26,27)25-8-7-19-18(15-25)21(24-9-11-28-12-10-24)23-20(22-19)14-17-6-4-5-16(2)13-17/h4-6,13H,3,7-12,14-15H2,1-2H3. The van der Waals surface area contributed by atoms with E-state index in [1.807, 2.05) is 0 Å². The number of anilines is 1. The van der Waals surface area contributed by atoms with Gasteiger partial charge in [-0.25, -0.2) is 18.4 Å². The molecule has 1 aromatic heterocycles. The summed E-state index contributed by atoms with van der Waals surface area (Å²) in [7, 11) is -3.24. The first-order valence-corrected chi connectivity index (χ1v) is 11.8. The predicted octanol–water partition coefficient (Wildman–Crippen LogP) is 1.92. The van der Waals surface area contributed by atoms with Crippen LogP contribution in [0.5, 0.6) is 0 Å². The summed E-state index contributed by atoms with van der Waals surface area (Å²) in [5.41, 5.74) is 4.33. The average Bonchev–Trinajstić information content (AvgIpc) is 2.73. The second-order valence-electron chi connectivity index (χ2n) is 7.64. The van der Waals surface area contributed by atoms with Crippen molar-refractivity contribution in [2.45, 2.75) is 33.2 Å². The van der Waals surface area contributed by atoms with E-state index in [9.17, 15) is 8.42 Å². The molecular formula is C21H28N4O3S. The summed E-state index contributed by atoms with van der Waals surface area (Å²) in [6, 6.07) is 8.39. The van der Waals surface area contributed by atoms with Crippen molar-refractivity contribution in [3.05, 3.63) is 52.5 Å². The molecule has 29 heavy (non-hydrogen) atoms. The minimum absolute atomic E-state index is 0.113. The predicted molar refractivity (Wildman–Crippen MR) is 113 cm³/mol. The van der Waals surface area contributed by atoms with Gasteiger partial charge in [0.25, 0.3) is 0 Å². The van der Waals surface area contributed by atoms with Gasteiger partial charge in [-0.05, 0) is 19.4 Å². The number of morpholine rings is 1. The summed E-state index contributed by atoms with van der Waals surface area (Å²) < 4.78 is 32.0. The summed E-state index contributed by atoms with van der Waals surface area (Å²) in [5, 5.41) is 0. The Hall–Kier alpha value is -2.03. The van der Waals surface area contributed by atoms with Gasteiger partial charge in [0, 0.05) is 44.6 Å². The van der Waals surface area contributed by atoms with Crippen molar-refractivity contribution in [2.75, 3.05) is 43.5 Å². The maximum Gasteiger partial charge on any atom is 0.214 e. The molecule has 1 fully saturated rings. The van der Waals surface area contributed by atoms with E-state index in [0.717, 1.165) is 36.0 Å². The molecule has 1 aromatic carbocycles. The van der Waals surface area contributed by atoms with E-state index < -0.39 is 10.0 Å². The fraction of sp³-hybridized carbons (Fsp3) is 0.524. The Morgan fingerprint density at radius 2 is 1.93 bits per heavy atom. The van der Waals surface area contributed by atoms with Gasteiger partial charge in [-0.1, -0.05) is 29.8 Å². The van der Waals surface area contributed by atoms with E-state index in [2.05, 4.69) is 36.1 Å². The summed E-state index contributed by atoms with van der Waals surface area (Å²) in [6.45, 7) is 7.43. The maximum absolute atomic E-state index is 12.4. The molecule has 0 N–H and O–H groups in total. The van der Waals surface area contributed by atoms with Gasteiger partial charge in [-0.2, -0.15) is 4.31 Å². The van der Waals surface area contributed by atoms with Crippen molar-refractivity contribution < 1.29 is 13.2 Å². The molecule has 2 aromatic rings. The van der Waals surface area contributed by atoms with Crippen LogP contribution < -0.4 is 4.90 Å². The number of hydrogen-bond donors (Lipinski definition) is 0. The third kappa shape index (κ3) is 4.44. The van der Waals surface area contributed by atoms with Crippen LogP contribution in [0.25, 0.3) is 0 Å². The molecule has 0 saturated carbocycles. The summed E-state index contributed by atoms with van der Waals surface area (Å²) >= 11 is 0. The van der Waals surface area contributed by atoms with Crippen molar-refractivity contribution in [3.8, 4) is 0 Å². The van der Waals surface area contributed by atoms with Gasteiger partial charge in [0.1, 0.15) is 11.6 Å². The van der Waals surface area contributed by atoms with Crippen molar-refractivity contribution >= 4 is 15.8 Å². The maximum atomic E-state index is 12.4. The lowest BCUT2D eigenvalue weighted by molar-refractivity contribution is 0.122. The van der Waals surface area contributed by atoms with Crippen LogP contribution in [0.15, 0.2) is 24.3 Å². The number of rotatable bonds is 5. The van der Waals surface area contributed by atoms with Crippen LogP contribution >= 0.6 is 0 Å². The van der Waals surface area contributed by atoms with Gasteiger partial charge in [0.2, 0.25) is 10.0 Å². The zero-order valence-electron chi connectivity index (χ0n) is 17.1. The van der Waals surface area contributed by atoms with E-state index in [4.69, 9.17) is 14.7 Å². The van der Waals surface area contributed by atoms with E-state index in [-0.39, 0.29) is 5.75 Å². The molecule has 0 spiro atoms. The monoisotopic (exact) mass is 416 g/mol.